The lowest BCUT2D eigenvalue weighted by Crippen LogP contribution is -2.47. The zero-order valence-electron chi connectivity index (χ0n) is 37.6. The molecule has 4 aliphatic rings. The number of carbonyl (C=O) groups is 1. The minimum atomic E-state index is -4.60. The van der Waals surface area contributed by atoms with Crippen molar-refractivity contribution >= 4 is 44.0 Å². The third-order valence-corrected chi connectivity index (χ3v) is 14.8. The first-order valence-electron chi connectivity index (χ1n) is 22.3. The van der Waals surface area contributed by atoms with Gasteiger partial charge in [0.2, 0.25) is 0 Å². The number of halogens is 3. The minimum Gasteiger partial charge on any atom is -0.455 e. The molecule has 2 fully saturated rings. The van der Waals surface area contributed by atoms with Crippen LogP contribution in [0.25, 0.3) is 11.0 Å². The first-order valence-corrected chi connectivity index (χ1v) is 23.8. The van der Waals surface area contributed by atoms with Crippen LogP contribution in [0.4, 0.5) is 30.2 Å². The summed E-state index contributed by atoms with van der Waals surface area (Å²) in [6, 6.07) is 11.9. The molecule has 0 bridgehead atoms. The van der Waals surface area contributed by atoms with Crippen LogP contribution in [0, 0.1) is 26.9 Å². The van der Waals surface area contributed by atoms with Gasteiger partial charge in [-0.1, -0.05) is 37.1 Å². The van der Waals surface area contributed by atoms with E-state index >= 15 is 0 Å². The molecule has 1 unspecified atom stereocenters. The summed E-state index contributed by atoms with van der Waals surface area (Å²) in [5, 5.41) is 15.9. The number of hydrogen-bond donors (Lipinski definition) is 3. The van der Waals surface area contributed by atoms with Gasteiger partial charge in [0.1, 0.15) is 22.8 Å². The van der Waals surface area contributed by atoms with Crippen molar-refractivity contribution in [2.75, 3.05) is 62.7 Å². The molecular weight excluding hydrogens is 876 g/mol. The highest BCUT2D eigenvalue weighted by molar-refractivity contribution is 7.90. The summed E-state index contributed by atoms with van der Waals surface area (Å²) in [7, 11) is -4.60. The maximum absolute atomic E-state index is 14.0. The molecule has 3 N–H and O–H groups in total. The van der Waals surface area contributed by atoms with Crippen molar-refractivity contribution in [1.82, 2.24) is 19.6 Å². The molecule has 0 radical (unpaired) electrons. The number of nitro groups is 1. The van der Waals surface area contributed by atoms with E-state index in [-0.39, 0.29) is 34.8 Å². The number of amides is 1. The Kier molecular flexibility index (Phi) is 13.1. The van der Waals surface area contributed by atoms with Crippen molar-refractivity contribution in [3.05, 3.63) is 111 Å². The number of H-pyrrole nitrogens is 1. The van der Waals surface area contributed by atoms with Gasteiger partial charge in [-0.2, -0.15) is 13.2 Å². The number of allylic oxidation sites excluding steroid dienone is 5. The molecule has 14 nitrogen and oxygen atoms in total. The number of fused-ring (bicyclic) bond motifs is 1. The summed E-state index contributed by atoms with van der Waals surface area (Å²) in [6.45, 7) is 12.5. The first-order chi connectivity index (χ1) is 31.3. The number of piperazine rings is 1. The Morgan fingerprint density at radius 1 is 1.05 bits per heavy atom. The van der Waals surface area contributed by atoms with Gasteiger partial charge in [-0.3, -0.25) is 19.8 Å². The third-order valence-electron chi connectivity index (χ3n) is 13.5. The van der Waals surface area contributed by atoms with Gasteiger partial charge in [0.25, 0.3) is 21.6 Å². The molecule has 8 rings (SSSR count). The number of nitro benzene ring substituents is 1. The second-order valence-corrected chi connectivity index (χ2v) is 20.7. The van der Waals surface area contributed by atoms with Crippen molar-refractivity contribution in [2.24, 2.45) is 16.7 Å². The number of rotatable bonds is 13. The molecule has 2 saturated heterocycles. The van der Waals surface area contributed by atoms with Gasteiger partial charge < -0.3 is 24.7 Å². The fraction of sp³-hybridized carbons (Fsp3) is 0.458. The quantitative estimate of drug-likeness (QED) is 0.0861. The monoisotopic (exact) mass is 931 g/mol. The molecule has 2 aliphatic heterocycles. The van der Waals surface area contributed by atoms with Crippen molar-refractivity contribution < 1.29 is 40.8 Å². The lowest BCUT2D eigenvalue weighted by molar-refractivity contribution is -0.384. The van der Waals surface area contributed by atoms with Crippen LogP contribution < -0.4 is 19.7 Å². The molecule has 1 amide bonds. The fourth-order valence-corrected chi connectivity index (χ4v) is 10.4. The smallest absolute Gasteiger partial charge is 0.397 e. The molecule has 0 spiro atoms. The number of nitrogens with zero attached hydrogens (tertiary/aromatic N) is 4. The van der Waals surface area contributed by atoms with E-state index in [0.717, 1.165) is 66.0 Å². The molecule has 0 saturated carbocycles. The number of ether oxygens (including phenoxy) is 2. The molecule has 2 aromatic heterocycles. The molecule has 2 aromatic carbocycles. The summed E-state index contributed by atoms with van der Waals surface area (Å²) in [4.78, 5) is 36.9. The predicted molar refractivity (Wildman–Crippen MR) is 246 cm³/mol. The summed E-state index contributed by atoms with van der Waals surface area (Å²) in [5.74, 6) is -0.367. The number of aromatic nitrogens is 2. The largest absolute Gasteiger partial charge is 0.455 e. The lowest BCUT2D eigenvalue weighted by atomic mass is 9.69. The van der Waals surface area contributed by atoms with Crippen LogP contribution in [-0.4, -0.2) is 92.8 Å². The normalized spacial score (nSPS) is 21.0. The number of nitrogens with one attached hydrogen (secondary N) is 3. The second-order valence-electron chi connectivity index (χ2n) is 19.0. The zero-order chi connectivity index (χ0) is 47.0. The van der Waals surface area contributed by atoms with Crippen molar-refractivity contribution in [3.8, 4) is 11.5 Å². The van der Waals surface area contributed by atoms with E-state index in [4.69, 9.17) is 9.47 Å². The zero-order valence-corrected chi connectivity index (χ0v) is 38.4. The summed E-state index contributed by atoms with van der Waals surface area (Å²) < 4.78 is 83.2. The van der Waals surface area contributed by atoms with E-state index in [9.17, 15) is 36.5 Å². The molecular formula is C48H56F3N7O7S. The van der Waals surface area contributed by atoms with Crippen LogP contribution in [0.15, 0.2) is 100 Å². The molecule has 352 valence electrons. The Labute approximate surface area is 382 Å². The summed E-state index contributed by atoms with van der Waals surface area (Å²) >= 11 is 0. The number of hydrogen-bond acceptors (Lipinski definition) is 11. The van der Waals surface area contributed by atoms with E-state index in [1.807, 2.05) is 13.0 Å². The SMILES string of the molecule is CC1=C(C2=C(CN3CCN(c4ccc(C(=O)NS(=O)(=O)c5ccc(NCC6CCOCC6)c([N+](=O)[O-])c5)c(Oc5cnc6[nH]ccc6c5)c4)CC3)CCC(C)(C)C2)C=CC(C)(C(F)(F)F)C1. The molecule has 2 aliphatic carbocycles. The fourth-order valence-electron chi connectivity index (χ4n) is 9.40. The van der Waals surface area contributed by atoms with Crippen LogP contribution in [0.1, 0.15) is 76.6 Å². The summed E-state index contributed by atoms with van der Waals surface area (Å²) in [6.07, 6.45) is 6.10. The van der Waals surface area contributed by atoms with Gasteiger partial charge in [-0.15, -0.1) is 0 Å². The van der Waals surface area contributed by atoms with E-state index in [1.165, 1.54) is 43.0 Å². The van der Waals surface area contributed by atoms with E-state index in [0.29, 0.717) is 63.9 Å². The second kappa shape index (κ2) is 18.5. The Hall–Kier alpha value is -5.72. The average molecular weight is 932 g/mol. The number of alkyl halides is 3. The molecule has 4 heterocycles. The molecule has 4 aromatic rings. The minimum absolute atomic E-state index is 0.0223. The third kappa shape index (κ3) is 10.3. The van der Waals surface area contributed by atoms with Crippen LogP contribution in [0.2, 0.25) is 0 Å². The number of sulfonamides is 1. The predicted octanol–water partition coefficient (Wildman–Crippen LogP) is 9.69. The maximum atomic E-state index is 14.0. The number of carbonyl (C=O) groups excluding carboxylic acids is 1. The average Bonchev–Trinajstić information content (AvgIpc) is 3.74. The number of anilines is 2. The van der Waals surface area contributed by atoms with Crippen molar-refractivity contribution in [3.63, 3.8) is 0 Å². The van der Waals surface area contributed by atoms with Gasteiger partial charge in [-0.25, -0.2) is 18.1 Å². The maximum Gasteiger partial charge on any atom is 0.397 e. The molecule has 18 heteroatoms. The van der Waals surface area contributed by atoms with Crippen LogP contribution in [0.5, 0.6) is 11.5 Å². The van der Waals surface area contributed by atoms with Gasteiger partial charge in [0.05, 0.1) is 27.0 Å². The number of pyridine rings is 1. The van der Waals surface area contributed by atoms with E-state index in [2.05, 4.69) is 43.7 Å². The highest BCUT2D eigenvalue weighted by Crippen LogP contribution is 2.50. The van der Waals surface area contributed by atoms with Gasteiger partial charge in [0.15, 0.2) is 0 Å². The Morgan fingerprint density at radius 3 is 2.52 bits per heavy atom. The Bertz CT molecular complexity index is 2720. The number of benzene rings is 2. The van der Waals surface area contributed by atoms with E-state index in [1.54, 1.807) is 30.5 Å². The van der Waals surface area contributed by atoms with Gasteiger partial charge in [0, 0.05) is 81.9 Å². The standard InChI is InChI=1S/C48H56F3N7O7S/c1-31-26-47(4,48(49,50)51)15-10-38(31)40-27-46(2,3)14-9-34(40)30-56-17-19-57(20-18-56)35-5-7-39(43(24-35)65-36-23-33-11-16-52-44(33)54-29-36)45(59)55-66(62,63)37-6-8-41(42(25-37)58(60)61)53-28-32-12-21-64-22-13-32/h5-8,10-11,15-16,23-25,29,32,53H,9,12-14,17-22,26-28,30H2,1-4H3,(H,52,54)(H,55,59). The van der Waals surface area contributed by atoms with Gasteiger partial charge >= 0.3 is 6.18 Å². The van der Waals surface area contributed by atoms with Crippen molar-refractivity contribution in [2.45, 2.75) is 77.3 Å². The van der Waals surface area contributed by atoms with Crippen LogP contribution in [-0.2, 0) is 14.8 Å². The first kappa shape index (κ1) is 46.8. The Balaban J connectivity index is 1.00. The molecule has 66 heavy (non-hydrogen) atoms. The van der Waals surface area contributed by atoms with Gasteiger partial charge in [-0.05, 0) is 111 Å². The highest BCUT2D eigenvalue weighted by Gasteiger charge is 2.50. The lowest BCUT2D eigenvalue weighted by Gasteiger charge is -2.40. The van der Waals surface area contributed by atoms with Crippen LogP contribution >= 0.6 is 0 Å². The number of aromatic amines is 1. The Morgan fingerprint density at radius 2 is 1.80 bits per heavy atom. The van der Waals surface area contributed by atoms with E-state index < -0.39 is 43.0 Å². The highest BCUT2D eigenvalue weighted by atomic mass is 32.2. The van der Waals surface area contributed by atoms with Crippen molar-refractivity contribution in [1.29, 1.82) is 0 Å². The molecule has 1 atom stereocenters. The van der Waals surface area contributed by atoms with Crippen LogP contribution in [0.3, 0.4) is 0 Å². The summed E-state index contributed by atoms with van der Waals surface area (Å²) in [5.41, 5.74) is 3.25. The topological polar surface area (TPSA) is 172 Å².